The highest BCUT2D eigenvalue weighted by atomic mass is 16.3. The summed E-state index contributed by atoms with van der Waals surface area (Å²) in [4.78, 5) is 18.5. The molecule has 0 radical (unpaired) electrons. The third-order valence-corrected chi connectivity index (χ3v) is 12.1. The molecule has 2 aliphatic rings. The SMILES string of the molecule is CC1(C)c2ccccc2-c2c(N(c3ccccc3)c3nc(-c4ccc5oc6ccccc6c5c4)nc(-c4cccc5c4C(C)(C)c4ccccc4-5)n3)cccc21. The van der Waals surface area contributed by atoms with Gasteiger partial charge in [0, 0.05) is 44.0 Å². The van der Waals surface area contributed by atoms with Gasteiger partial charge in [0.1, 0.15) is 11.2 Å². The van der Waals surface area contributed by atoms with E-state index in [1.807, 2.05) is 24.3 Å². The molecule has 0 saturated heterocycles. The Hall–Kier alpha value is -6.85. The van der Waals surface area contributed by atoms with Gasteiger partial charge >= 0.3 is 0 Å². The van der Waals surface area contributed by atoms with Gasteiger partial charge in [-0.2, -0.15) is 9.97 Å². The van der Waals surface area contributed by atoms with Crippen LogP contribution in [0, 0.1) is 0 Å². The zero-order valence-corrected chi connectivity index (χ0v) is 31.7. The molecule has 2 aliphatic carbocycles. The van der Waals surface area contributed by atoms with E-state index in [1.54, 1.807) is 0 Å². The third-order valence-electron chi connectivity index (χ3n) is 12.1. The normalized spacial score (nSPS) is 14.4. The van der Waals surface area contributed by atoms with Crippen molar-refractivity contribution in [1.29, 1.82) is 0 Å². The Morgan fingerprint density at radius 2 is 1.09 bits per heavy atom. The van der Waals surface area contributed by atoms with Crippen LogP contribution in [0.4, 0.5) is 17.3 Å². The van der Waals surface area contributed by atoms with Crippen LogP contribution in [-0.4, -0.2) is 15.0 Å². The molecule has 5 nitrogen and oxygen atoms in total. The van der Waals surface area contributed by atoms with Crippen molar-refractivity contribution in [3.8, 4) is 45.0 Å². The van der Waals surface area contributed by atoms with E-state index in [0.717, 1.165) is 44.4 Å². The Balaban J connectivity index is 1.20. The minimum absolute atomic E-state index is 0.173. The summed E-state index contributed by atoms with van der Waals surface area (Å²) in [5.74, 6) is 1.78. The number of nitrogens with zero attached hydrogens (tertiary/aromatic N) is 4. The Bertz CT molecular complexity index is 3050. The molecule has 2 heterocycles. The van der Waals surface area contributed by atoms with Gasteiger partial charge in [-0.3, -0.25) is 4.90 Å². The van der Waals surface area contributed by atoms with Crippen molar-refractivity contribution < 1.29 is 4.42 Å². The molecule has 268 valence electrons. The van der Waals surface area contributed by atoms with Crippen molar-refractivity contribution in [3.63, 3.8) is 0 Å². The van der Waals surface area contributed by atoms with Gasteiger partial charge in [0.05, 0.1) is 5.69 Å². The average molecular weight is 723 g/mol. The van der Waals surface area contributed by atoms with Crippen LogP contribution in [0.25, 0.3) is 67.0 Å². The number of hydrogen-bond donors (Lipinski definition) is 0. The molecule has 0 N–H and O–H groups in total. The second-order valence-corrected chi connectivity index (χ2v) is 16.0. The Morgan fingerprint density at radius 3 is 1.93 bits per heavy atom. The van der Waals surface area contributed by atoms with Crippen molar-refractivity contribution in [2.45, 2.75) is 38.5 Å². The van der Waals surface area contributed by atoms with Crippen molar-refractivity contribution in [3.05, 3.63) is 180 Å². The van der Waals surface area contributed by atoms with Crippen LogP contribution >= 0.6 is 0 Å². The predicted molar refractivity (Wildman–Crippen MR) is 228 cm³/mol. The van der Waals surface area contributed by atoms with Crippen LogP contribution in [0.3, 0.4) is 0 Å². The van der Waals surface area contributed by atoms with Gasteiger partial charge in [0.25, 0.3) is 0 Å². The number of para-hydroxylation sites is 2. The summed E-state index contributed by atoms with van der Waals surface area (Å²) in [6, 6.07) is 55.6. The van der Waals surface area contributed by atoms with Crippen LogP contribution in [-0.2, 0) is 10.8 Å². The minimum Gasteiger partial charge on any atom is -0.456 e. The van der Waals surface area contributed by atoms with E-state index in [-0.39, 0.29) is 10.8 Å². The van der Waals surface area contributed by atoms with Gasteiger partial charge in [-0.1, -0.05) is 143 Å². The maximum absolute atomic E-state index is 6.24. The van der Waals surface area contributed by atoms with Crippen LogP contribution in [0.2, 0.25) is 0 Å². The highest BCUT2D eigenvalue weighted by Crippen LogP contribution is 2.55. The summed E-state index contributed by atoms with van der Waals surface area (Å²) in [5, 5.41) is 2.09. The second-order valence-electron chi connectivity index (χ2n) is 16.0. The summed E-state index contributed by atoms with van der Waals surface area (Å²) in [7, 11) is 0. The van der Waals surface area contributed by atoms with Crippen molar-refractivity contribution in [2.24, 2.45) is 0 Å². The van der Waals surface area contributed by atoms with Gasteiger partial charge in [0.2, 0.25) is 5.95 Å². The number of furan rings is 1. The lowest BCUT2D eigenvalue weighted by molar-refractivity contribution is 0.660. The molecule has 9 aromatic rings. The molecule has 0 saturated carbocycles. The first kappa shape index (κ1) is 32.6. The lowest BCUT2D eigenvalue weighted by Crippen LogP contribution is -2.19. The van der Waals surface area contributed by atoms with Gasteiger partial charge in [0.15, 0.2) is 11.6 Å². The summed E-state index contributed by atoms with van der Waals surface area (Å²) < 4.78 is 6.24. The smallest absolute Gasteiger partial charge is 0.238 e. The molecule has 56 heavy (non-hydrogen) atoms. The first-order chi connectivity index (χ1) is 27.3. The molecule has 0 atom stereocenters. The van der Waals surface area contributed by atoms with Gasteiger partial charge in [-0.25, -0.2) is 4.98 Å². The molecule has 7 aromatic carbocycles. The number of hydrogen-bond acceptors (Lipinski definition) is 5. The van der Waals surface area contributed by atoms with E-state index in [9.17, 15) is 0 Å². The summed E-state index contributed by atoms with van der Waals surface area (Å²) in [6.45, 7) is 9.26. The lowest BCUT2D eigenvalue weighted by Gasteiger charge is -2.28. The number of rotatable bonds is 5. The predicted octanol–water partition coefficient (Wildman–Crippen LogP) is 13.2. The summed E-state index contributed by atoms with van der Waals surface area (Å²) in [5.41, 5.74) is 15.2. The van der Waals surface area contributed by atoms with Gasteiger partial charge in [-0.05, 0) is 81.4 Å². The monoisotopic (exact) mass is 722 g/mol. The highest BCUT2D eigenvalue weighted by molar-refractivity contribution is 6.06. The van der Waals surface area contributed by atoms with Crippen LogP contribution < -0.4 is 4.90 Å². The molecule has 0 spiro atoms. The molecule has 0 fully saturated rings. The molecule has 0 bridgehead atoms. The first-order valence-corrected chi connectivity index (χ1v) is 19.3. The summed E-state index contributed by atoms with van der Waals surface area (Å²) >= 11 is 0. The van der Waals surface area contributed by atoms with Crippen molar-refractivity contribution >= 4 is 39.3 Å². The van der Waals surface area contributed by atoms with Gasteiger partial charge in [-0.15, -0.1) is 0 Å². The Morgan fingerprint density at radius 1 is 0.464 bits per heavy atom. The maximum atomic E-state index is 6.24. The van der Waals surface area contributed by atoms with Crippen LogP contribution in [0.15, 0.2) is 162 Å². The fourth-order valence-electron chi connectivity index (χ4n) is 9.47. The molecule has 2 aromatic heterocycles. The van der Waals surface area contributed by atoms with E-state index < -0.39 is 0 Å². The van der Waals surface area contributed by atoms with Crippen LogP contribution in [0.1, 0.15) is 49.9 Å². The lowest BCUT2D eigenvalue weighted by atomic mass is 9.80. The molecule has 0 unspecified atom stereocenters. The molecule has 5 heteroatoms. The molecule has 0 amide bonds. The topological polar surface area (TPSA) is 55.1 Å². The van der Waals surface area contributed by atoms with Crippen molar-refractivity contribution in [1.82, 2.24) is 15.0 Å². The largest absolute Gasteiger partial charge is 0.456 e. The van der Waals surface area contributed by atoms with Gasteiger partial charge < -0.3 is 4.42 Å². The first-order valence-electron chi connectivity index (χ1n) is 19.3. The quantitative estimate of drug-likeness (QED) is 0.177. The second kappa shape index (κ2) is 11.8. The Labute approximate surface area is 326 Å². The maximum Gasteiger partial charge on any atom is 0.238 e. The number of anilines is 3. The molecule has 0 aliphatic heterocycles. The molecular weight excluding hydrogens is 685 g/mol. The van der Waals surface area contributed by atoms with Crippen LogP contribution in [0.5, 0.6) is 0 Å². The number of fused-ring (bicyclic) bond motifs is 9. The number of benzene rings is 7. The standard InChI is InChI=1S/C51H38N4O/c1-50(2)40-24-12-9-20-36(40)45-41(50)25-15-26-42(45)55(32-16-6-5-7-17-32)49-53-47(31-28-29-44-38(30-31)34-19-10-13-27-43(34)56-44)52-48(54-49)37-22-14-21-35-33-18-8-11-23-39(33)51(3,4)46(35)37/h5-30H,1-4H3. The highest BCUT2D eigenvalue weighted by Gasteiger charge is 2.40. The summed E-state index contributed by atoms with van der Waals surface area (Å²) in [6.07, 6.45) is 0. The minimum atomic E-state index is -0.265. The zero-order chi connectivity index (χ0) is 37.8. The zero-order valence-electron chi connectivity index (χ0n) is 31.7. The number of aromatic nitrogens is 3. The van der Waals surface area contributed by atoms with E-state index in [1.165, 1.54) is 44.5 Å². The molecular formula is C51H38N4O. The Kier molecular flexibility index (Phi) is 6.88. The van der Waals surface area contributed by atoms with E-state index in [2.05, 4.69) is 166 Å². The fourth-order valence-corrected chi connectivity index (χ4v) is 9.47. The fraction of sp³-hybridized carbons (Fsp3) is 0.118. The average Bonchev–Trinajstić information content (AvgIpc) is 3.81. The van der Waals surface area contributed by atoms with E-state index in [4.69, 9.17) is 19.4 Å². The third kappa shape index (κ3) is 4.64. The van der Waals surface area contributed by atoms with E-state index >= 15 is 0 Å². The molecule has 11 rings (SSSR count). The van der Waals surface area contributed by atoms with Crippen molar-refractivity contribution in [2.75, 3.05) is 4.90 Å². The van der Waals surface area contributed by atoms with E-state index in [0.29, 0.717) is 17.6 Å².